The van der Waals surface area contributed by atoms with Crippen molar-refractivity contribution in [3.8, 4) is 0 Å². The smallest absolute Gasteiger partial charge is 0.223 e. The molecule has 0 aliphatic carbocycles. The number of hydrogen-bond acceptors (Lipinski definition) is 3. The van der Waals surface area contributed by atoms with Crippen LogP contribution in [0.15, 0.2) is 53.0 Å². The van der Waals surface area contributed by atoms with Crippen LogP contribution in [0.4, 0.5) is 0 Å². The van der Waals surface area contributed by atoms with Crippen LogP contribution in [0.2, 0.25) is 0 Å². The quantitative estimate of drug-likeness (QED) is 0.603. The Labute approximate surface area is 195 Å². The molecule has 0 unspecified atom stereocenters. The minimum atomic E-state index is 0.135. The zero-order chi connectivity index (χ0) is 21.5. The van der Waals surface area contributed by atoms with Gasteiger partial charge in [-0.25, -0.2) is 0 Å². The molecule has 0 bridgehead atoms. The Morgan fingerprint density at radius 3 is 2.19 bits per heavy atom. The number of halogens is 1. The van der Waals surface area contributed by atoms with E-state index in [1.807, 2.05) is 0 Å². The second-order valence-electron chi connectivity index (χ2n) is 9.00. The first-order valence-corrected chi connectivity index (χ1v) is 12.5. The van der Waals surface area contributed by atoms with Crippen LogP contribution in [0, 0.1) is 5.92 Å². The summed E-state index contributed by atoms with van der Waals surface area (Å²) >= 11 is 3.49. The van der Waals surface area contributed by atoms with Gasteiger partial charge in [0, 0.05) is 30.0 Å². The lowest BCUT2D eigenvalue weighted by atomic mass is 9.95. The molecule has 31 heavy (non-hydrogen) atoms. The Balaban J connectivity index is 1.24. The molecule has 166 valence electrons. The summed E-state index contributed by atoms with van der Waals surface area (Å²) in [5.74, 6) is 0.353. The number of nitrogens with one attached hydrogen (secondary N) is 1. The maximum Gasteiger partial charge on any atom is 0.223 e. The lowest BCUT2D eigenvalue weighted by Crippen LogP contribution is -2.40. The SMILES string of the molecule is O=C(NCc1ccccc1CN1CCCCC1)C1CCN(Cc2ccc(Br)cc2)CC1. The number of rotatable bonds is 7. The number of amides is 1. The van der Waals surface area contributed by atoms with Gasteiger partial charge in [-0.1, -0.05) is 58.7 Å². The highest BCUT2D eigenvalue weighted by Crippen LogP contribution is 2.21. The van der Waals surface area contributed by atoms with Crippen molar-refractivity contribution >= 4 is 21.8 Å². The van der Waals surface area contributed by atoms with Gasteiger partial charge in [0.15, 0.2) is 0 Å². The van der Waals surface area contributed by atoms with Crippen LogP contribution in [0.1, 0.15) is 48.8 Å². The standard InChI is InChI=1S/C26H34BrN3O/c27-25-10-8-21(9-11-25)19-30-16-12-22(13-17-30)26(31)28-18-23-6-2-3-7-24(23)20-29-14-4-1-5-15-29/h2-3,6-11,22H,1,4-5,12-20H2,(H,28,31). The lowest BCUT2D eigenvalue weighted by Gasteiger charge is -2.31. The number of benzene rings is 2. The van der Waals surface area contributed by atoms with Gasteiger partial charge >= 0.3 is 0 Å². The Kier molecular flexibility index (Phi) is 8.17. The van der Waals surface area contributed by atoms with Gasteiger partial charge in [0.1, 0.15) is 0 Å². The Morgan fingerprint density at radius 2 is 1.48 bits per heavy atom. The number of hydrogen-bond donors (Lipinski definition) is 1. The zero-order valence-electron chi connectivity index (χ0n) is 18.4. The van der Waals surface area contributed by atoms with Crippen molar-refractivity contribution in [1.82, 2.24) is 15.1 Å². The van der Waals surface area contributed by atoms with Gasteiger partial charge < -0.3 is 5.32 Å². The van der Waals surface area contributed by atoms with Crippen LogP contribution < -0.4 is 5.32 Å². The maximum absolute atomic E-state index is 12.8. The Bertz CT molecular complexity index is 840. The third-order valence-electron chi connectivity index (χ3n) is 6.69. The molecule has 2 aromatic rings. The van der Waals surface area contributed by atoms with E-state index >= 15 is 0 Å². The fourth-order valence-electron chi connectivity index (χ4n) is 4.77. The Morgan fingerprint density at radius 1 is 0.839 bits per heavy atom. The molecule has 2 heterocycles. The van der Waals surface area contributed by atoms with Crippen molar-refractivity contribution in [3.63, 3.8) is 0 Å². The predicted molar refractivity (Wildman–Crippen MR) is 130 cm³/mol. The van der Waals surface area contributed by atoms with E-state index in [4.69, 9.17) is 0 Å². The summed E-state index contributed by atoms with van der Waals surface area (Å²) in [6.45, 7) is 6.96. The normalized spacial score (nSPS) is 18.7. The summed E-state index contributed by atoms with van der Waals surface area (Å²) in [6, 6.07) is 17.1. The summed E-state index contributed by atoms with van der Waals surface area (Å²) in [4.78, 5) is 17.8. The van der Waals surface area contributed by atoms with E-state index in [2.05, 4.69) is 79.6 Å². The third kappa shape index (κ3) is 6.64. The second-order valence-corrected chi connectivity index (χ2v) is 9.92. The maximum atomic E-state index is 12.8. The van der Waals surface area contributed by atoms with Gasteiger partial charge in [0.05, 0.1) is 0 Å². The molecule has 4 nitrogen and oxygen atoms in total. The van der Waals surface area contributed by atoms with Gasteiger partial charge in [0.2, 0.25) is 5.91 Å². The van der Waals surface area contributed by atoms with Crippen LogP contribution >= 0.6 is 15.9 Å². The molecule has 2 aromatic carbocycles. The van der Waals surface area contributed by atoms with Crippen LogP contribution in [0.3, 0.4) is 0 Å². The van der Waals surface area contributed by atoms with E-state index in [-0.39, 0.29) is 11.8 Å². The van der Waals surface area contributed by atoms with Crippen molar-refractivity contribution in [2.75, 3.05) is 26.2 Å². The number of nitrogens with zero attached hydrogens (tertiary/aromatic N) is 2. The number of piperidine rings is 2. The molecular formula is C26H34BrN3O. The zero-order valence-corrected chi connectivity index (χ0v) is 19.9. The monoisotopic (exact) mass is 483 g/mol. The summed E-state index contributed by atoms with van der Waals surface area (Å²) in [6.07, 6.45) is 5.85. The van der Waals surface area contributed by atoms with E-state index in [9.17, 15) is 4.79 Å². The van der Waals surface area contributed by atoms with Crippen LogP contribution in [-0.4, -0.2) is 41.9 Å². The highest BCUT2D eigenvalue weighted by Gasteiger charge is 2.25. The van der Waals surface area contributed by atoms with E-state index in [0.29, 0.717) is 6.54 Å². The minimum Gasteiger partial charge on any atom is -0.352 e. The van der Waals surface area contributed by atoms with Crippen molar-refractivity contribution in [1.29, 1.82) is 0 Å². The molecule has 1 N–H and O–H groups in total. The molecular weight excluding hydrogens is 450 g/mol. The molecule has 5 heteroatoms. The molecule has 2 saturated heterocycles. The highest BCUT2D eigenvalue weighted by molar-refractivity contribution is 9.10. The predicted octanol–water partition coefficient (Wildman–Crippen LogP) is 4.96. The number of likely N-dealkylation sites (tertiary alicyclic amines) is 2. The molecule has 4 rings (SSSR count). The number of carbonyl (C=O) groups excluding carboxylic acids is 1. The van der Waals surface area contributed by atoms with Crippen molar-refractivity contribution in [2.24, 2.45) is 5.92 Å². The minimum absolute atomic E-state index is 0.135. The van der Waals surface area contributed by atoms with Gasteiger partial charge in [-0.15, -0.1) is 0 Å². The second kappa shape index (κ2) is 11.3. The number of carbonyl (C=O) groups is 1. The first-order chi connectivity index (χ1) is 15.2. The highest BCUT2D eigenvalue weighted by atomic mass is 79.9. The van der Waals surface area contributed by atoms with Crippen molar-refractivity contribution in [3.05, 3.63) is 69.7 Å². The average Bonchev–Trinajstić information content (AvgIpc) is 2.81. The molecule has 0 atom stereocenters. The summed E-state index contributed by atoms with van der Waals surface area (Å²) in [7, 11) is 0. The molecule has 1 amide bonds. The lowest BCUT2D eigenvalue weighted by molar-refractivity contribution is -0.126. The molecule has 0 spiro atoms. The summed E-state index contributed by atoms with van der Waals surface area (Å²) < 4.78 is 1.11. The molecule has 0 aromatic heterocycles. The fraction of sp³-hybridized carbons (Fsp3) is 0.500. The topological polar surface area (TPSA) is 35.6 Å². The van der Waals surface area contributed by atoms with E-state index in [1.165, 1.54) is 49.0 Å². The average molecular weight is 484 g/mol. The van der Waals surface area contributed by atoms with Gasteiger partial charge in [-0.05, 0) is 80.7 Å². The first kappa shape index (κ1) is 22.5. The largest absolute Gasteiger partial charge is 0.352 e. The van der Waals surface area contributed by atoms with Crippen LogP contribution in [0.5, 0.6) is 0 Å². The third-order valence-corrected chi connectivity index (χ3v) is 7.22. The van der Waals surface area contributed by atoms with E-state index < -0.39 is 0 Å². The molecule has 2 aliphatic rings. The van der Waals surface area contributed by atoms with Gasteiger partial charge in [-0.2, -0.15) is 0 Å². The van der Waals surface area contributed by atoms with Gasteiger partial charge in [-0.3, -0.25) is 14.6 Å². The van der Waals surface area contributed by atoms with E-state index in [0.717, 1.165) is 43.5 Å². The fourth-order valence-corrected chi connectivity index (χ4v) is 5.03. The van der Waals surface area contributed by atoms with Crippen LogP contribution in [0.25, 0.3) is 0 Å². The summed E-state index contributed by atoms with van der Waals surface area (Å²) in [5, 5.41) is 3.24. The van der Waals surface area contributed by atoms with Crippen molar-refractivity contribution in [2.45, 2.75) is 51.7 Å². The van der Waals surface area contributed by atoms with Crippen LogP contribution in [-0.2, 0) is 24.4 Å². The van der Waals surface area contributed by atoms with Gasteiger partial charge in [0.25, 0.3) is 0 Å². The molecule has 2 fully saturated rings. The Hall–Kier alpha value is -1.69. The molecule has 2 aliphatic heterocycles. The van der Waals surface area contributed by atoms with Crippen molar-refractivity contribution < 1.29 is 4.79 Å². The summed E-state index contributed by atoms with van der Waals surface area (Å²) in [5.41, 5.74) is 3.94. The molecule has 0 saturated carbocycles. The van der Waals surface area contributed by atoms with E-state index in [1.54, 1.807) is 0 Å². The molecule has 0 radical (unpaired) electrons. The first-order valence-electron chi connectivity index (χ1n) is 11.7.